The number of methoxy groups -OCH3 is 1. The van der Waals surface area contributed by atoms with Crippen LogP contribution in [0.1, 0.15) is 23.7 Å². The molecule has 0 bridgehead atoms. The van der Waals surface area contributed by atoms with Crippen molar-refractivity contribution in [2.45, 2.75) is 24.3 Å². The molecule has 1 aliphatic rings. The molecule has 2 aromatic rings. The Hall–Kier alpha value is -2.34. The maximum atomic E-state index is 12.6. The van der Waals surface area contributed by atoms with Crippen molar-refractivity contribution in [2.24, 2.45) is 5.16 Å². The molecular formula is C17H17NO4S. The molecule has 5 nitrogen and oxygen atoms in total. The van der Waals surface area contributed by atoms with E-state index in [9.17, 15) is 8.42 Å². The molecule has 0 aliphatic carbocycles. The van der Waals surface area contributed by atoms with E-state index in [2.05, 4.69) is 5.16 Å². The van der Waals surface area contributed by atoms with Crippen molar-refractivity contribution in [3.8, 4) is 5.75 Å². The minimum absolute atomic E-state index is 0.0576. The molecule has 6 heteroatoms. The van der Waals surface area contributed by atoms with Crippen LogP contribution in [0.5, 0.6) is 5.75 Å². The van der Waals surface area contributed by atoms with Crippen LogP contribution in [0.3, 0.4) is 0 Å². The Morgan fingerprint density at radius 3 is 2.35 bits per heavy atom. The van der Waals surface area contributed by atoms with Crippen molar-refractivity contribution < 1.29 is 18.0 Å². The lowest BCUT2D eigenvalue weighted by atomic mass is 10.1. The van der Waals surface area contributed by atoms with Crippen LogP contribution in [0.2, 0.25) is 0 Å². The number of oxime groups is 1. The number of nitrogens with zero attached hydrogens (tertiary/aromatic N) is 1. The second-order valence-electron chi connectivity index (χ2n) is 5.37. The summed E-state index contributed by atoms with van der Waals surface area (Å²) in [6.07, 6.45) is -0.168. The van der Waals surface area contributed by atoms with E-state index in [4.69, 9.17) is 9.57 Å². The molecule has 3 rings (SSSR count). The SMILES string of the molecule is COc1ccc(C2CC(S(=O)(=O)c3ccc(C)cc3)=NO2)cc1. The molecule has 1 heterocycles. The van der Waals surface area contributed by atoms with Crippen LogP contribution in [0, 0.1) is 6.92 Å². The first-order chi connectivity index (χ1) is 11.0. The number of hydrogen-bond donors (Lipinski definition) is 0. The molecule has 0 saturated heterocycles. The Morgan fingerprint density at radius 2 is 1.74 bits per heavy atom. The molecule has 1 atom stereocenters. The smallest absolute Gasteiger partial charge is 0.223 e. The predicted molar refractivity (Wildman–Crippen MR) is 87.2 cm³/mol. The number of hydrogen-bond acceptors (Lipinski definition) is 5. The van der Waals surface area contributed by atoms with Gasteiger partial charge in [0.2, 0.25) is 9.84 Å². The Morgan fingerprint density at radius 1 is 1.09 bits per heavy atom. The first-order valence-corrected chi connectivity index (χ1v) is 8.67. The van der Waals surface area contributed by atoms with Gasteiger partial charge >= 0.3 is 0 Å². The van der Waals surface area contributed by atoms with Gasteiger partial charge in [-0.25, -0.2) is 8.42 Å². The third kappa shape index (κ3) is 3.07. The first-order valence-electron chi connectivity index (χ1n) is 7.19. The van der Waals surface area contributed by atoms with Gasteiger partial charge in [-0.05, 0) is 36.8 Å². The first kappa shape index (κ1) is 15.6. The summed E-state index contributed by atoms with van der Waals surface area (Å²) in [7, 11) is -2.02. The maximum Gasteiger partial charge on any atom is 0.223 e. The average molecular weight is 331 g/mol. The van der Waals surface area contributed by atoms with E-state index in [1.807, 2.05) is 31.2 Å². The Balaban J connectivity index is 1.79. The van der Waals surface area contributed by atoms with Gasteiger partial charge in [0.05, 0.1) is 12.0 Å². The standard InChI is InChI=1S/C17H17NO4S/c1-12-3-9-15(10-4-12)23(19,20)17-11-16(22-18-17)13-5-7-14(21-2)8-6-13/h3-10,16H,11H2,1-2H3. The highest BCUT2D eigenvalue weighted by Gasteiger charge is 2.32. The third-order valence-corrected chi connectivity index (χ3v) is 5.53. The molecule has 0 saturated carbocycles. The van der Waals surface area contributed by atoms with Crippen LogP contribution < -0.4 is 4.74 Å². The number of rotatable bonds is 3. The van der Waals surface area contributed by atoms with E-state index in [0.29, 0.717) is 0 Å². The molecule has 1 unspecified atom stereocenters. The summed E-state index contributed by atoms with van der Waals surface area (Å²) in [6.45, 7) is 1.91. The van der Waals surface area contributed by atoms with Crippen molar-refractivity contribution in [2.75, 3.05) is 7.11 Å². The highest BCUT2D eigenvalue weighted by atomic mass is 32.2. The lowest BCUT2D eigenvalue weighted by Crippen LogP contribution is -2.14. The van der Waals surface area contributed by atoms with Gasteiger partial charge in [-0.15, -0.1) is 0 Å². The van der Waals surface area contributed by atoms with E-state index < -0.39 is 15.9 Å². The lowest BCUT2D eigenvalue weighted by molar-refractivity contribution is 0.0857. The fourth-order valence-corrected chi connectivity index (χ4v) is 3.64. The molecule has 0 radical (unpaired) electrons. The molecule has 23 heavy (non-hydrogen) atoms. The van der Waals surface area contributed by atoms with E-state index in [1.165, 1.54) is 0 Å². The van der Waals surface area contributed by atoms with Gasteiger partial charge in [0.25, 0.3) is 0 Å². The molecule has 0 spiro atoms. The zero-order valence-electron chi connectivity index (χ0n) is 12.9. The Bertz CT molecular complexity index is 824. The van der Waals surface area contributed by atoms with E-state index in [-0.39, 0.29) is 16.4 Å². The summed E-state index contributed by atoms with van der Waals surface area (Å²) in [5, 5.41) is 3.86. The molecule has 1 aliphatic heterocycles. The van der Waals surface area contributed by atoms with Crippen LogP contribution in [0.15, 0.2) is 58.6 Å². The molecule has 0 amide bonds. The summed E-state index contributed by atoms with van der Waals surface area (Å²) in [6, 6.07) is 14.0. The number of benzene rings is 2. The van der Waals surface area contributed by atoms with Crippen molar-refractivity contribution in [1.82, 2.24) is 0 Å². The highest BCUT2D eigenvalue weighted by Crippen LogP contribution is 2.31. The topological polar surface area (TPSA) is 65.0 Å². The number of aryl methyl sites for hydroxylation is 1. The third-order valence-electron chi connectivity index (χ3n) is 3.77. The normalized spacial score (nSPS) is 17.5. The molecule has 2 aromatic carbocycles. The summed E-state index contributed by atoms with van der Waals surface area (Å²) < 4.78 is 30.3. The van der Waals surface area contributed by atoms with Gasteiger partial charge < -0.3 is 9.57 Å². The summed E-state index contributed by atoms with van der Waals surface area (Å²) in [5.41, 5.74) is 1.87. The van der Waals surface area contributed by atoms with Crippen LogP contribution >= 0.6 is 0 Å². The summed E-state index contributed by atoms with van der Waals surface area (Å²) in [4.78, 5) is 5.56. The van der Waals surface area contributed by atoms with Gasteiger partial charge in [0.1, 0.15) is 5.75 Å². The number of ether oxygens (including phenoxy) is 1. The number of sulfone groups is 1. The summed E-state index contributed by atoms with van der Waals surface area (Å²) >= 11 is 0. The molecule has 0 aromatic heterocycles. The second kappa shape index (κ2) is 6.04. The molecule has 0 fully saturated rings. The fourth-order valence-electron chi connectivity index (χ4n) is 2.37. The van der Waals surface area contributed by atoms with Crippen molar-refractivity contribution in [1.29, 1.82) is 0 Å². The molecule has 120 valence electrons. The maximum absolute atomic E-state index is 12.6. The Kier molecular flexibility index (Phi) is 4.09. The van der Waals surface area contributed by atoms with Crippen molar-refractivity contribution >= 4 is 14.9 Å². The van der Waals surface area contributed by atoms with Crippen LogP contribution in [0.25, 0.3) is 0 Å². The van der Waals surface area contributed by atoms with E-state index >= 15 is 0 Å². The monoisotopic (exact) mass is 331 g/mol. The minimum atomic E-state index is -3.61. The fraction of sp³-hybridized carbons (Fsp3) is 0.235. The van der Waals surface area contributed by atoms with Crippen LogP contribution in [-0.2, 0) is 14.7 Å². The van der Waals surface area contributed by atoms with Gasteiger partial charge in [0.15, 0.2) is 11.1 Å². The minimum Gasteiger partial charge on any atom is -0.497 e. The zero-order valence-corrected chi connectivity index (χ0v) is 13.7. The van der Waals surface area contributed by atoms with E-state index in [0.717, 1.165) is 16.9 Å². The van der Waals surface area contributed by atoms with Gasteiger partial charge in [0, 0.05) is 6.42 Å². The highest BCUT2D eigenvalue weighted by molar-refractivity contribution is 8.06. The zero-order chi connectivity index (χ0) is 16.4. The van der Waals surface area contributed by atoms with Crippen LogP contribution in [0.4, 0.5) is 0 Å². The van der Waals surface area contributed by atoms with Crippen molar-refractivity contribution in [3.63, 3.8) is 0 Å². The summed E-state index contributed by atoms with van der Waals surface area (Å²) in [5.74, 6) is 0.736. The van der Waals surface area contributed by atoms with Gasteiger partial charge in [-0.1, -0.05) is 35.0 Å². The van der Waals surface area contributed by atoms with Gasteiger partial charge in [-0.2, -0.15) is 0 Å². The molecular weight excluding hydrogens is 314 g/mol. The quantitative estimate of drug-likeness (QED) is 0.866. The average Bonchev–Trinajstić information content (AvgIpc) is 3.06. The van der Waals surface area contributed by atoms with Crippen LogP contribution in [-0.4, -0.2) is 20.6 Å². The largest absolute Gasteiger partial charge is 0.497 e. The lowest BCUT2D eigenvalue weighted by Gasteiger charge is -2.09. The van der Waals surface area contributed by atoms with Gasteiger partial charge in [-0.3, -0.25) is 0 Å². The Labute approximate surface area is 135 Å². The van der Waals surface area contributed by atoms with Crippen molar-refractivity contribution in [3.05, 3.63) is 59.7 Å². The second-order valence-corrected chi connectivity index (χ2v) is 7.32. The molecule has 0 N–H and O–H groups in total. The van der Waals surface area contributed by atoms with E-state index in [1.54, 1.807) is 31.4 Å². The predicted octanol–water partition coefficient (Wildman–Crippen LogP) is 3.25.